The van der Waals surface area contributed by atoms with Crippen molar-refractivity contribution in [3.05, 3.63) is 52.5 Å². The molecule has 1 aliphatic rings. The molecule has 1 fully saturated rings. The Morgan fingerprint density at radius 2 is 1.78 bits per heavy atom. The van der Waals surface area contributed by atoms with Crippen molar-refractivity contribution in [3.63, 3.8) is 0 Å². The maximum atomic E-state index is 13.3. The van der Waals surface area contributed by atoms with Crippen molar-refractivity contribution in [1.82, 2.24) is 0 Å². The molecule has 0 aromatic heterocycles. The molecule has 0 heterocycles. The van der Waals surface area contributed by atoms with Crippen LogP contribution < -0.4 is 9.62 Å². The quantitative estimate of drug-likeness (QED) is 0.557. The first-order valence-corrected chi connectivity index (χ1v) is 11.6. The second-order valence-electron chi connectivity index (χ2n) is 7.60. The van der Waals surface area contributed by atoms with E-state index in [4.69, 9.17) is 23.2 Å². The number of hydrogen-bond donors (Lipinski definition) is 2. The van der Waals surface area contributed by atoms with Crippen LogP contribution in [0.4, 0.5) is 24.5 Å². The first-order valence-electron chi connectivity index (χ1n) is 9.42. The van der Waals surface area contributed by atoms with Crippen LogP contribution in [0.25, 0.3) is 0 Å². The zero-order valence-corrected chi connectivity index (χ0v) is 19.0. The van der Waals surface area contributed by atoms with Gasteiger partial charge in [0.05, 0.1) is 21.4 Å². The van der Waals surface area contributed by atoms with E-state index < -0.39 is 27.7 Å². The summed E-state index contributed by atoms with van der Waals surface area (Å²) in [5.74, 6) is -1.58. The molecule has 1 atom stereocenters. The average molecular weight is 511 g/mol. The summed E-state index contributed by atoms with van der Waals surface area (Å²) in [6.07, 6.45) is -3.50. The van der Waals surface area contributed by atoms with Gasteiger partial charge in [0.15, 0.2) is 0 Å². The lowest BCUT2D eigenvalue weighted by atomic mass is 10.1. The molecule has 2 aromatic rings. The molecule has 0 bridgehead atoms. The van der Waals surface area contributed by atoms with Gasteiger partial charge in [-0.05, 0) is 56.0 Å². The van der Waals surface area contributed by atoms with Gasteiger partial charge in [-0.1, -0.05) is 35.3 Å². The van der Waals surface area contributed by atoms with Gasteiger partial charge in [0.25, 0.3) is 15.9 Å². The van der Waals surface area contributed by atoms with Crippen LogP contribution in [0.3, 0.4) is 0 Å². The summed E-state index contributed by atoms with van der Waals surface area (Å²) in [6.45, 7) is 0.483. The predicted molar refractivity (Wildman–Crippen MR) is 115 cm³/mol. The third-order valence-electron chi connectivity index (χ3n) is 5.01. The molecule has 0 saturated heterocycles. The van der Waals surface area contributed by atoms with Crippen LogP contribution in [0, 0.1) is 5.92 Å². The second-order valence-corrected chi connectivity index (χ2v) is 10.2. The molecule has 0 radical (unpaired) electrons. The Morgan fingerprint density at radius 3 is 2.31 bits per heavy atom. The Balaban J connectivity index is 1.94. The highest BCUT2D eigenvalue weighted by Crippen LogP contribution is 2.38. The van der Waals surface area contributed by atoms with Crippen LogP contribution in [0.2, 0.25) is 10.0 Å². The lowest BCUT2D eigenvalue weighted by Crippen LogP contribution is -2.52. The molecule has 1 aliphatic carbocycles. The number of benzene rings is 2. The summed E-state index contributed by atoms with van der Waals surface area (Å²) >= 11 is 12.2. The summed E-state index contributed by atoms with van der Waals surface area (Å²) in [7, 11) is -4.07. The Bertz CT molecular complexity index is 1140. The minimum atomic E-state index is -5.20. The first kappa shape index (κ1) is 24.6. The zero-order chi connectivity index (χ0) is 23.9. The third-order valence-corrected chi connectivity index (χ3v) is 7.61. The summed E-state index contributed by atoms with van der Waals surface area (Å²) in [4.78, 5) is 11.8. The van der Waals surface area contributed by atoms with Gasteiger partial charge in [-0.15, -0.1) is 0 Å². The van der Waals surface area contributed by atoms with Gasteiger partial charge in [0, 0.05) is 6.54 Å². The highest BCUT2D eigenvalue weighted by molar-refractivity contribution is 7.93. The van der Waals surface area contributed by atoms with Gasteiger partial charge >= 0.3 is 6.18 Å². The van der Waals surface area contributed by atoms with Crippen LogP contribution in [-0.4, -0.2) is 37.8 Å². The Labute approximate surface area is 193 Å². The molecule has 174 valence electrons. The smallest absolute Gasteiger partial charge is 0.373 e. The van der Waals surface area contributed by atoms with Crippen molar-refractivity contribution in [2.75, 3.05) is 16.2 Å². The molecule has 2 aromatic carbocycles. The molecular weight excluding hydrogens is 492 g/mol. The molecule has 3 rings (SSSR count). The third kappa shape index (κ3) is 4.98. The number of nitrogens with zero attached hydrogens (tertiary/aromatic N) is 1. The van der Waals surface area contributed by atoms with Gasteiger partial charge in [0.1, 0.15) is 4.90 Å². The van der Waals surface area contributed by atoms with Gasteiger partial charge in [-0.3, -0.25) is 9.10 Å². The standard InChI is InChI=1S/C20H19Cl2F3N2O4S/c1-19(29,20(23,24)25)18(28)26-16-9-8-13(10-15(16)22)27(11-12-6-7-12)32(30,31)17-5-3-2-4-14(17)21/h2-5,8-10,12,29H,6-7,11H2,1H3,(H,26,28). The van der Waals surface area contributed by atoms with Crippen molar-refractivity contribution >= 4 is 50.5 Å². The van der Waals surface area contributed by atoms with E-state index in [1.807, 2.05) is 5.32 Å². The molecule has 2 N–H and O–H groups in total. The monoisotopic (exact) mass is 510 g/mol. The molecule has 0 aliphatic heterocycles. The number of carbonyl (C=O) groups is 1. The molecule has 6 nitrogen and oxygen atoms in total. The number of alkyl halides is 3. The maximum Gasteiger partial charge on any atom is 0.426 e. The van der Waals surface area contributed by atoms with Gasteiger partial charge in [0.2, 0.25) is 5.60 Å². The van der Waals surface area contributed by atoms with E-state index in [1.54, 1.807) is 6.07 Å². The Hall–Kier alpha value is -2.01. The first-order chi connectivity index (χ1) is 14.7. The summed E-state index contributed by atoms with van der Waals surface area (Å²) < 4.78 is 66.4. The number of anilines is 2. The lowest BCUT2D eigenvalue weighted by molar-refractivity contribution is -0.242. The lowest BCUT2D eigenvalue weighted by Gasteiger charge is -2.27. The molecule has 12 heteroatoms. The van der Waals surface area contributed by atoms with Crippen molar-refractivity contribution in [2.24, 2.45) is 5.92 Å². The topological polar surface area (TPSA) is 86.7 Å². The average Bonchev–Trinajstić information content (AvgIpc) is 3.51. The van der Waals surface area contributed by atoms with Gasteiger partial charge < -0.3 is 10.4 Å². The predicted octanol–water partition coefficient (Wildman–Crippen LogP) is 4.85. The normalized spacial score (nSPS) is 16.3. The number of nitrogens with one attached hydrogen (secondary N) is 1. The molecule has 1 unspecified atom stereocenters. The number of rotatable bonds is 7. The van der Waals surface area contributed by atoms with E-state index >= 15 is 0 Å². The fraction of sp³-hybridized carbons (Fsp3) is 0.350. The Morgan fingerprint density at radius 1 is 1.16 bits per heavy atom. The second kappa shape index (κ2) is 8.74. The van der Waals surface area contributed by atoms with Crippen LogP contribution in [0.15, 0.2) is 47.4 Å². The fourth-order valence-corrected chi connectivity index (χ4v) is 5.03. The number of hydrogen-bond acceptors (Lipinski definition) is 4. The number of aliphatic hydroxyl groups is 1. The van der Waals surface area contributed by atoms with E-state index in [-0.39, 0.29) is 38.8 Å². The molecule has 32 heavy (non-hydrogen) atoms. The zero-order valence-electron chi connectivity index (χ0n) is 16.7. The highest BCUT2D eigenvalue weighted by atomic mass is 35.5. The van der Waals surface area contributed by atoms with Gasteiger partial charge in [-0.2, -0.15) is 13.2 Å². The number of sulfonamides is 1. The van der Waals surface area contributed by atoms with Crippen molar-refractivity contribution in [1.29, 1.82) is 0 Å². The largest absolute Gasteiger partial charge is 0.426 e. The number of halogens is 5. The Kier molecular flexibility index (Phi) is 6.72. The summed E-state index contributed by atoms with van der Waals surface area (Å²) in [6, 6.07) is 9.64. The van der Waals surface area contributed by atoms with E-state index in [1.165, 1.54) is 36.4 Å². The van der Waals surface area contributed by atoms with E-state index in [0.717, 1.165) is 17.1 Å². The molecule has 0 spiro atoms. The highest BCUT2D eigenvalue weighted by Gasteiger charge is 2.55. The van der Waals surface area contributed by atoms with E-state index in [0.29, 0.717) is 6.92 Å². The van der Waals surface area contributed by atoms with Crippen LogP contribution in [-0.2, 0) is 14.8 Å². The molecule has 1 amide bonds. The minimum absolute atomic E-state index is 0.0395. The van der Waals surface area contributed by atoms with Crippen molar-refractivity contribution in [3.8, 4) is 0 Å². The maximum absolute atomic E-state index is 13.3. The fourth-order valence-electron chi connectivity index (χ4n) is 2.78. The number of amides is 1. The van der Waals surface area contributed by atoms with Crippen LogP contribution >= 0.6 is 23.2 Å². The molecular formula is C20H19Cl2F3N2O4S. The van der Waals surface area contributed by atoms with Crippen molar-refractivity contribution in [2.45, 2.75) is 36.4 Å². The van der Waals surface area contributed by atoms with Crippen molar-refractivity contribution < 1.29 is 31.5 Å². The summed E-state index contributed by atoms with van der Waals surface area (Å²) in [5.41, 5.74) is -3.70. The SMILES string of the molecule is CC(O)(C(=O)Nc1ccc(N(CC2CC2)S(=O)(=O)c2ccccc2Cl)cc1Cl)C(F)(F)F. The summed E-state index contributed by atoms with van der Waals surface area (Å²) in [5, 5.41) is 11.3. The van der Waals surface area contributed by atoms with Crippen LogP contribution in [0.5, 0.6) is 0 Å². The van der Waals surface area contributed by atoms with Gasteiger partial charge in [-0.25, -0.2) is 8.42 Å². The number of carbonyl (C=O) groups excluding carboxylic acids is 1. The molecule has 1 saturated carbocycles. The van der Waals surface area contributed by atoms with Crippen LogP contribution in [0.1, 0.15) is 19.8 Å². The van der Waals surface area contributed by atoms with E-state index in [9.17, 15) is 31.5 Å². The minimum Gasteiger partial charge on any atom is -0.373 e. The van der Waals surface area contributed by atoms with E-state index in [2.05, 4.69) is 0 Å².